The first kappa shape index (κ1) is 9.32. The van der Waals surface area contributed by atoms with Crippen molar-refractivity contribution in [1.29, 1.82) is 5.41 Å². The molecular formula is C4H4F5N. The van der Waals surface area contributed by atoms with Crippen molar-refractivity contribution in [2.45, 2.75) is 19.0 Å². The summed E-state index contributed by atoms with van der Waals surface area (Å²) >= 11 is 0. The van der Waals surface area contributed by atoms with Gasteiger partial charge in [-0.3, -0.25) is 5.41 Å². The Bertz CT molecular complexity index is 125. The van der Waals surface area contributed by atoms with Crippen molar-refractivity contribution in [1.82, 2.24) is 0 Å². The molecule has 0 spiro atoms. The van der Waals surface area contributed by atoms with E-state index in [-0.39, 0.29) is 6.92 Å². The largest absolute Gasteiger partial charge is 0.434 e. The SMILES string of the molecule is CC(F)(F)C(=N)C(F)(F)F. The summed E-state index contributed by atoms with van der Waals surface area (Å²) < 4.78 is 57.1. The quantitative estimate of drug-likeness (QED) is 0.450. The maximum atomic E-state index is 11.7. The number of rotatable bonds is 1. The van der Waals surface area contributed by atoms with E-state index in [2.05, 4.69) is 0 Å². The second-order valence-corrected chi connectivity index (χ2v) is 1.76. The minimum absolute atomic E-state index is 0.0306. The van der Waals surface area contributed by atoms with Gasteiger partial charge in [-0.25, -0.2) is 0 Å². The van der Waals surface area contributed by atoms with Crippen molar-refractivity contribution in [3.63, 3.8) is 0 Å². The van der Waals surface area contributed by atoms with Crippen molar-refractivity contribution in [3.8, 4) is 0 Å². The first-order valence-corrected chi connectivity index (χ1v) is 2.19. The van der Waals surface area contributed by atoms with E-state index in [0.29, 0.717) is 0 Å². The molecular weight excluding hydrogens is 157 g/mol. The highest BCUT2D eigenvalue weighted by molar-refractivity contribution is 5.92. The van der Waals surface area contributed by atoms with Crippen LogP contribution in [0.4, 0.5) is 22.0 Å². The summed E-state index contributed by atoms with van der Waals surface area (Å²) in [4.78, 5) is 0. The zero-order valence-corrected chi connectivity index (χ0v) is 4.89. The summed E-state index contributed by atoms with van der Waals surface area (Å²) in [5, 5.41) is 5.92. The molecule has 0 aromatic carbocycles. The molecule has 60 valence electrons. The van der Waals surface area contributed by atoms with Gasteiger partial charge in [-0.1, -0.05) is 0 Å². The molecule has 0 aliphatic heterocycles. The Kier molecular flexibility index (Phi) is 2.03. The van der Waals surface area contributed by atoms with Gasteiger partial charge in [-0.15, -0.1) is 0 Å². The molecule has 1 nitrogen and oxygen atoms in total. The third-order valence-corrected chi connectivity index (χ3v) is 0.722. The van der Waals surface area contributed by atoms with E-state index in [1.807, 2.05) is 0 Å². The topological polar surface area (TPSA) is 23.9 Å². The van der Waals surface area contributed by atoms with Crippen LogP contribution in [0.15, 0.2) is 0 Å². The third kappa shape index (κ3) is 2.28. The number of hydrogen-bond acceptors (Lipinski definition) is 1. The van der Waals surface area contributed by atoms with Gasteiger partial charge in [0, 0.05) is 6.92 Å². The first-order valence-electron chi connectivity index (χ1n) is 2.19. The smallest absolute Gasteiger partial charge is 0.295 e. The van der Waals surface area contributed by atoms with Gasteiger partial charge < -0.3 is 0 Å². The number of halogens is 5. The highest BCUT2D eigenvalue weighted by Gasteiger charge is 2.47. The van der Waals surface area contributed by atoms with E-state index < -0.39 is 17.8 Å². The van der Waals surface area contributed by atoms with Crippen LogP contribution in [0, 0.1) is 5.41 Å². The normalized spacial score (nSPS) is 13.4. The standard InChI is InChI=1S/C4H4F5N/c1-3(5,6)2(10)4(7,8)9/h10H,1H3. The van der Waals surface area contributed by atoms with Crippen LogP contribution in [-0.4, -0.2) is 17.8 Å². The van der Waals surface area contributed by atoms with Gasteiger partial charge in [0.25, 0.3) is 5.92 Å². The predicted molar refractivity (Wildman–Crippen MR) is 24.4 cm³/mol. The lowest BCUT2D eigenvalue weighted by atomic mass is 10.2. The highest BCUT2D eigenvalue weighted by atomic mass is 19.4. The molecule has 0 saturated carbocycles. The van der Waals surface area contributed by atoms with Gasteiger partial charge in [0.2, 0.25) is 0 Å². The average Bonchev–Trinajstić information content (AvgIpc) is 1.59. The number of alkyl halides is 5. The molecule has 0 aliphatic carbocycles. The minimum Gasteiger partial charge on any atom is -0.295 e. The van der Waals surface area contributed by atoms with Gasteiger partial charge in [0.1, 0.15) is 0 Å². The molecule has 0 amide bonds. The van der Waals surface area contributed by atoms with Gasteiger partial charge in [0.05, 0.1) is 0 Å². The second kappa shape index (κ2) is 2.17. The molecule has 0 rings (SSSR count). The van der Waals surface area contributed by atoms with E-state index in [1.165, 1.54) is 0 Å². The van der Waals surface area contributed by atoms with E-state index in [1.54, 1.807) is 0 Å². The fourth-order valence-electron chi connectivity index (χ4n) is 0.249. The molecule has 0 atom stereocenters. The summed E-state index contributed by atoms with van der Waals surface area (Å²) in [6.07, 6.45) is -5.22. The molecule has 0 aromatic rings. The Morgan fingerprint density at radius 1 is 1.10 bits per heavy atom. The molecule has 10 heavy (non-hydrogen) atoms. The minimum atomic E-state index is -5.22. The van der Waals surface area contributed by atoms with Crippen molar-refractivity contribution < 1.29 is 22.0 Å². The van der Waals surface area contributed by atoms with E-state index in [4.69, 9.17) is 5.41 Å². The summed E-state index contributed by atoms with van der Waals surface area (Å²) in [5.74, 6) is -4.10. The molecule has 0 radical (unpaired) electrons. The van der Waals surface area contributed by atoms with Crippen LogP contribution in [0.25, 0.3) is 0 Å². The van der Waals surface area contributed by atoms with E-state index in [0.717, 1.165) is 0 Å². The Labute approximate surface area is 53.3 Å². The van der Waals surface area contributed by atoms with E-state index in [9.17, 15) is 22.0 Å². The second-order valence-electron chi connectivity index (χ2n) is 1.76. The summed E-state index contributed by atoms with van der Waals surface area (Å²) in [6.45, 7) is 0.0306. The Morgan fingerprint density at radius 2 is 1.40 bits per heavy atom. The third-order valence-electron chi connectivity index (χ3n) is 0.722. The molecule has 0 aliphatic rings. The molecule has 0 aromatic heterocycles. The Hall–Kier alpha value is -0.680. The Morgan fingerprint density at radius 3 is 1.40 bits per heavy atom. The summed E-state index contributed by atoms with van der Waals surface area (Å²) in [5.41, 5.74) is -2.51. The molecule has 0 unspecified atom stereocenters. The molecule has 0 heterocycles. The van der Waals surface area contributed by atoms with E-state index >= 15 is 0 Å². The van der Waals surface area contributed by atoms with Gasteiger partial charge in [0.15, 0.2) is 5.71 Å². The van der Waals surface area contributed by atoms with Crippen molar-refractivity contribution in [2.24, 2.45) is 0 Å². The fraction of sp³-hybridized carbons (Fsp3) is 0.750. The Balaban J connectivity index is 4.40. The van der Waals surface area contributed by atoms with Crippen LogP contribution in [0.5, 0.6) is 0 Å². The highest BCUT2D eigenvalue weighted by Crippen LogP contribution is 2.26. The number of nitrogens with one attached hydrogen (secondary N) is 1. The first-order chi connectivity index (χ1) is 4.15. The van der Waals surface area contributed by atoms with Crippen LogP contribution in [0.2, 0.25) is 0 Å². The molecule has 1 N–H and O–H groups in total. The molecule has 0 fully saturated rings. The van der Waals surface area contributed by atoms with Crippen molar-refractivity contribution >= 4 is 5.71 Å². The summed E-state index contributed by atoms with van der Waals surface area (Å²) in [7, 11) is 0. The van der Waals surface area contributed by atoms with Gasteiger partial charge >= 0.3 is 6.18 Å². The lowest BCUT2D eigenvalue weighted by molar-refractivity contribution is -0.0788. The fourth-order valence-corrected chi connectivity index (χ4v) is 0.249. The van der Waals surface area contributed by atoms with Gasteiger partial charge in [-0.2, -0.15) is 22.0 Å². The maximum Gasteiger partial charge on any atom is 0.434 e. The van der Waals surface area contributed by atoms with Gasteiger partial charge in [-0.05, 0) is 0 Å². The molecule has 0 saturated heterocycles. The van der Waals surface area contributed by atoms with Crippen LogP contribution in [0.3, 0.4) is 0 Å². The van der Waals surface area contributed by atoms with Crippen LogP contribution < -0.4 is 0 Å². The maximum absolute atomic E-state index is 11.7. The van der Waals surface area contributed by atoms with Crippen molar-refractivity contribution in [3.05, 3.63) is 0 Å². The number of hydrogen-bond donors (Lipinski definition) is 1. The summed E-state index contributed by atoms with van der Waals surface area (Å²) in [6, 6.07) is 0. The monoisotopic (exact) mass is 161 g/mol. The molecule has 0 bridgehead atoms. The van der Waals surface area contributed by atoms with Crippen LogP contribution in [0.1, 0.15) is 6.92 Å². The van der Waals surface area contributed by atoms with Crippen LogP contribution >= 0.6 is 0 Å². The predicted octanol–water partition coefficient (Wildman–Crippen LogP) is 2.22. The molecule has 6 heteroatoms. The zero-order valence-electron chi connectivity index (χ0n) is 4.89. The average molecular weight is 161 g/mol. The lowest BCUT2D eigenvalue weighted by Gasteiger charge is -2.13. The van der Waals surface area contributed by atoms with Crippen molar-refractivity contribution in [2.75, 3.05) is 0 Å². The zero-order chi connectivity index (χ0) is 8.58. The lowest BCUT2D eigenvalue weighted by Crippen LogP contribution is -2.36. The van der Waals surface area contributed by atoms with Crippen LogP contribution in [-0.2, 0) is 0 Å².